The fraction of sp³-hybridized carbons (Fsp3) is 0. The Hall–Kier alpha value is -0.441. The van der Waals surface area contributed by atoms with Crippen molar-refractivity contribution in [1.29, 1.82) is 0 Å². The molecule has 0 aliphatic rings. The molecule has 0 aromatic rings. The zero-order chi connectivity index (χ0) is 8.15. The van der Waals surface area contributed by atoms with Crippen molar-refractivity contribution in [1.82, 2.24) is 0 Å². The summed E-state index contributed by atoms with van der Waals surface area (Å²) in [5.41, 5.74) is 9.12. The van der Waals surface area contributed by atoms with E-state index in [1.54, 1.807) is 0 Å². The maximum absolute atomic E-state index is 9.94. The van der Waals surface area contributed by atoms with Gasteiger partial charge in [0.05, 0.1) is 0 Å². The van der Waals surface area contributed by atoms with E-state index >= 15 is 0 Å². The van der Waals surface area contributed by atoms with Crippen LogP contribution in [0.15, 0.2) is 0 Å². The number of primary amides is 2. The average molecular weight is 271 g/mol. The number of hydrogen-bond donors (Lipinski definition) is 2. The van der Waals surface area contributed by atoms with Crippen LogP contribution in [0, 0.1) is 0 Å². The zero-order valence-electron chi connectivity index (χ0n) is 4.70. The van der Waals surface area contributed by atoms with Crippen LogP contribution in [-0.2, 0) is 6.15 Å². The summed E-state index contributed by atoms with van der Waals surface area (Å²) in [7, 11) is 4.44. The summed E-state index contributed by atoms with van der Waals surface area (Å²) in [6.07, 6.45) is -2.07. The van der Waals surface area contributed by atoms with Crippen LogP contribution < -0.4 is 11.5 Å². The minimum absolute atomic E-state index is 1.04. The van der Waals surface area contributed by atoms with Gasteiger partial charge >= 0.3 is 67.3 Å². The Labute approximate surface area is 67.4 Å². The molecule has 0 rings (SSSR count). The van der Waals surface area contributed by atoms with Crippen molar-refractivity contribution in [2.24, 2.45) is 11.5 Å². The van der Waals surface area contributed by atoms with Gasteiger partial charge < -0.3 is 0 Å². The Bertz CT molecular complexity index is 164. The van der Waals surface area contributed by atoms with Crippen LogP contribution in [0.3, 0.4) is 0 Å². The van der Waals surface area contributed by atoms with E-state index in [0.717, 1.165) is 0 Å². The SMILES string of the molecule is NC(=O)[O][Sn](=[S])[O]C(N)=O. The van der Waals surface area contributed by atoms with Gasteiger partial charge in [-0.3, -0.25) is 0 Å². The molecule has 0 spiro atoms. The Morgan fingerprint density at radius 2 is 1.50 bits per heavy atom. The molecule has 0 fully saturated rings. The topological polar surface area (TPSA) is 105 Å². The monoisotopic (exact) mass is 272 g/mol. The van der Waals surface area contributed by atoms with Crippen LogP contribution in [-0.4, -0.2) is 30.8 Å². The van der Waals surface area contributed by atoms with Crippen LogP contribution in [0.25, 0.3) is 0 Å². The van der Waals surface area contributed by atoms with Gasteiger partial charge in [0.2, 0.25) is 0 Å². The second-order valence-electron chi connectivity index (χ2n) is 1.09. The average Bonchev–Trinajstić information content (AvgIpc) is 1.58. The molecule has 56 valence electrons. The predicted molar refractivity (Wildman–Crippen MR) is 34.7 cm³/mol. The van der Waals surface area contributed by atoms with Crippen molar-refractivity contribution in [3.8, 4) is 0 Å². The summed E-state index contributed by atoms with van der Waals surface area (Å²) < 4.78 is 8.38. The van der Waals surface area contributed by atoms with Gasteiger partial charge in [-0.25, -0.2) is 0 Å². The molecule has 0 radical (unpaired) electrons. The molecule has 0 aromatic heterocycles. The second kappa shape index (κ2) is 4.39. The van der Waals surface area contributed by atoms with Gasteiger partial charge in [-0.1, -0.05) is 0 Å². The van der Waals surface area contributed by atoms with Gasteiger partial charge in [-0.05, 0) is 0 Å². The summed E-state index contributed by atoms with van der Waals surface area (Å²) >= 11 is -3.20. The molecule has 0 atom stereocenters. The van der Waals surface area contributed by atoms with E-state index < -0.39 is 30.8 Å². The quantitative estimate of drug-likeness (QED) is 0.650. The fourth-order valence-corrected chi connectivity index (χ4v) is 2.34. The molecular formula is C2H4N2O4SSn. The molecular weight excluding hydrogens is 267 g/mol. The first kappa shape index (κ1) is 9.56. The standard InChI is InChI=1S/2CH3NO2.S.Sn/c2*2-1(3)4;;/h2*2H2,(H,3,4);;/q;;;+2/p-2. The summed E-state index contributed by atoms with van der Waals surface area (Å²) in [5.74, 6) is 0. The molecule has 0 aliphatic heterocycles. The van der Waals surface area contributed by atoms with E-state index in [-0.39, 0.29) is 0 Å². The molecule has 0 saturated carbocycles. The van der Waals surface area contributed by atoms with Crippen molar-refractivity contribution in [2.75, 3.05) is 0 Å². The molecule has 6 nitrogen and oxygen atoms in total. The third-order valence-electron chi connectivity index (χ3n) is 0.368. The van der Waals surface area contributed by atoms with E-state index in [2.05, 4.69) is 26.9 Å². The molecule has 0 unspecified atom stereocenters. The summed E-state index contributed by atoms with van der Waals surface area (Å²) in [6.45, 7) is 0. The molecule has 4 N–H and O–H groups in total. The molecule has 0 heterocycles. The number of nitrogens with two attached hydrogens (primary N) is 2. The van der Waals surface area contributed by atoms with Gasteiger partial charge in [0, 0.05) is 0 Å². The third kappa shape index (κ3) is 5.69. The van der Waals surface area contributed by atoms with E-state index in [0.29, 0.717) is 0 Å². The zero-order valence-corrected chi connectivity index (χ0v) is 8.37. The van der Waals surface area contributed by atoms with Gasteiger partial charge in [0.25, 0.3) is 0 Å². The molecule has 2 amide bonds. The normalized spacial score (nSPS) is 8.00. The number of amides is 2. The molecule has 0 bridgehead atoms. The second-order valence-corrected chi connectivity index (χ2v) is 5.92. The van der Waals surface area contributed by atoms with Gasteiger partial charge in [0.15, 0.2) is 0 Å². The molecule has 0 aromatic carbocycles. The van der Waals surface area contributed by atoms with E-state index in [1.807, 2.05) is 0 Å². The van der Waals surface area contributed by atoms with Crippen LogP contribution in [0.2, 0.25) is 0 Å². The van der Waals surface area contributed by atoms with Crippen molar-refractivity contribution >= 4 is 40.1 Å². The summed E-state index contributed by atoms with van der Waals surface area (Å²) in [4.78, 5) is 19.9. The third-order valence-corrected chi connectivity index (χ3v) is 3.59. The van der Waals surface area contributed by atoms with Crippen molar-refractivity contribution in [2.45, 2.75) is 0 Å². The first-order valence-electron chi connectivity index (χ1n) is 2.01. The molecule has 0 saturated heterocycles. The van der Waals surface area contributed by atoms with E-state index in [9.17, 15) is 9.59 Å². The number of carbonyl (C=O) groups excluding carboxylic acids is 2. The fourth-order valence-electron chi connectivity index (χ4n) is 0.185. The first-order chi connectivity index (χ1) is 4.52. The summed E-state index contributed by atoms with van der Waals surface area (Å²) in [6, 6.07) is 0. The van der Waals surface area contributed by atoms with Gasteiger partial charge in [-0.15, -0.1) is 0 Å². The van der Waals surface area contributed by atoms with Gasteiger partial charge in [-0.2, -0.15) is 0 Å². The van der Waals surface area contributed by atoms with Crippen molar-refractivity contribution in [3.63, 3.8) is 0 Å². The van der Waals surface area contributed by atoms with Crippen molar-refractivity contribution < 1.29 is 15.7 Å². The van der Waals surface area contributed by atoms with Gasteiger partial charge in [0.1, 0.15) is 0 Å². The summed E-state index contributed by atoms with van der Waals surface area (Å²) in [5, 5.41) is 0. The minimum atomic E-state index is -3.20. The number of hydrogen-bond acceptors (Lipinski definition) is 5. The first-order valence-corrected chi connectivity index (χ1v) is 8.24. The molecule has 0 aliphatic carbocycles. The predicted octanol–water partition coefficient (Wildman–Crippen LogP) is -0.641. The van der Waals surface area contributed by atoms with Crippen molar-refractivity contribution in [3.05, 3.63) is 0 Å². The Morgan fingerprint density at radius 1 is 1.20 bits per heavy atom. The Morgan fingerprint density at radius 3 is 1.70 bits per heavy atom. The van der Waals surface area contributed by atoms with Crippen LogP contribution in [0.4, 0.5) is 9.59 Å². The number of carbonyl (C=O) groups is 2. The van der Waals surface area contributed by atoms with Crippen LogP contribution >= 0.6 is 9.29 Å². The van der Waals surface area contributed by atoms with E-state index in [4.69, 9.17) is 0 Å². The van der Waals surface area contributed by atoms with Crippen LogP contribution in [0.5, 0.6) is 0 Å². The Balaban J connectivity index is 3.65. The van der Waals surface area contributed by atoms with Crippen LogP contribution in [0.1, 0.15) is 0 Å². The Kier molecular flexibility index (Phi) is 4.19. The van der Waals surface area contributed by atoms with E-state index in [1.165, 1.54) is 0 Å². The number of rotatable bonds is 2. The maximum atomic E-state index is 9.94. The molecule has 8 heteroatoms. The molecule has 10 heavy (non-hydrogen) atoms.